The number of hydrogen-bond donors (Lipinski definition) is 0. The largest absolute Gasteiger partial charge is 0.495 e. The van der Waals surface area contributed by atoms with E-state index in [-0.39, 0.29) is 12.4 Å². The van der Waals surface area contributed by atoms with Gasteiger partial charge in [0.25, 0.3) is 0 Å². The average Bonchev–Trinajstić information content (AvgIpc) is 2.05. The van der Waals surface area contributed by atoms with Crippen LogP contribution in [-0.4, -0.2) is 12.1 Å². The fourth-order valence-corrected chi connectivity index (χ4v) is 0.795. The van der Waals surface area contributed by atoms with Crippen LogP contribution in [-0.2, 0) is 5.88 Å². The molecule has 0 saturated heterocycles. The van der Waals surface area contributed by atoms with Gasteiger partial charge in [0, 0.05) is 12.1 Å². The molecule has 0 amide bonds. The van der Waals surface area contributed by atoms with Crippen LogP contribution in [0.1, 0.15) is 5.56 Å². The standard InChI is InChI=1S/C7H8ClNO.ClH/c1-10-7-2-6(3-8)4-9-5-7;/h2,4-5H,3H2,1H3;1H. The van der Waals surface area contributed by atoms with Crippen LogP contribution in [0.3, 0.4) is 0 Å². The van der Waals surface area contributed by atoms with Crippen LogP contribution in [0.4, 0.5) is 0 Å². The first-order chi connectivity index (χ1) is 4.86. The molecule has 0 aliphatic heterocycles. The molecular weight excluding hydrogens is 185 g/mol. The first-order valence-electron chi connectivity index (χ1n) is 2.90. The van der Waals surface area contributed by atoms with Crippen molar-refractivity contribution in [1.82, 2.24) is 4.98 Å². The minimum atomic E-state index is 0. The zero-order chi connectivity index (χ0) is 7.40. The lowest BCUT2D eigenvalue weighted by Crippen LogP contribution is -1.86. The van der Waals surface area contributed by atoms with E-state index in [1.54, 1.807) is 19.5 Å². The molecule has 0 unspecified atom stereocenters. The Labute approximate surface area is 77.0 Å². The minimum absolute atomic E-state index is 0. The number of rotatable bonds is 2. The van der Waals surface area contributed by atoms with Gasteiger partial charge in [-0.3, -0.25) is 4.98 Å². The maximum atomic E-state index is 5.56. The van der Waals surface area contributed by atoms with E-state index >= 15 is 0 Å². The molecule has 62 valence electrons. The summed E-state index contributed by atoms with van der Waals surface area (Å²) in [5.41, 5.74) is 0.973. The summed E-state index contributed by atoms with van der Waals surface area (Å²) in [5.74, 6) is 1.22. The van der Waals surface area contributed by atoms with Gasteiger partial charge < -0.3 is 4.74 Å². The number of halogens is 2. The second-order valence-corrected chi connectivity index (χ2v) is 2.13. The Balaban J connectivity index is 0.000001000. The Morgan fingerprint density at radius 2 is 2.27 bits per heavy atom. The lowest BCUT2D eigenvalue weighted by atomic mass is 10.3. The number of pyridine rings is 1. The van der Waals surface area contributed by atoms with Crippen molar-refractivity contribution in [3.8, 4) is 5.75 Å². The van der Waals surface area contributed by atoms with E-state index in [9.17, 15) is 0 Å². The summed E-state index contributed by atoms with van der Waals surface area (Å²) >= 11 is 5.56. The second-order valence-electron chi connectivity index (χ2n) is 1.87. The number of alkyl halides is 1. The fourth-order valence-electron chi connectivity index (χ4n) is 0.648. The maximum Gasteiger partial charge on any atom is 0.137 e. The van der Waals surface area contributed by atoms with Gasteiger partial charge in [0.05, 0.1) is 13.3 Å². The highest BCUT2D eigenvalue weighted by Gasteiger charge is 1.92. The molecule has 0 atom stereocenters. The molecule has 2 nitrogen and oxygen atoms in total. The molecule has 4 heteroatoms. The summed E-state index contributed by atoms with van der Waals surface area (Å²) in [4.78, 5) is 3.92. The molecule has 0 saturated carbocycles. The van der Waals surface area contributed by atoms with E-state index in [1.807, 2.05) is 6.07 Å². The van der Waals surface area contributed by atoms with E-state index in [0.717, 1.165) is 11.3 Å². The highest BCUT2D eigenvalue weighted by Crippen LogP contribution is 2.11. The Kier molecular flexibility index (Phi) is 4.99. The van der Waals surface area contributed by atoms with Crippen molar-refractivity contribution in [2.24, 2.45) is 0 Å². The van der Waals surface area contributed by atoms with Gasteiger partial charge in [0.1, 0.15) is 5.75 Å². The highest BCUT2D eigenvalue weighted by atomic mass is 35.5. The monoisotopic (exact) mass is 193 g/mol. The molecule has 1 heterocycles. The third-order valence-corrected chi connectivity index (χ3v) is 1.47. The molecule has 0 aliphatic rings. The predicted molar refractivity (Wildman–Crippen MR) is 47.6 cm³/mol. The number of nitrogens with zero attached hydrogens (tertiary/aromatic N) is 1. The topological polar surface area (TPSA) is 22.1 Å². The van der Waals surface area contributed by atoms with Crippen LogP contribution in [0.25, 0.3) is 0 Å². The molecule has 0 fully saturated rings. The van der Waals surface area contributed by atoms with Crippen molar-refractivity contribution < 1.29 is 4.74 Å². The van der Waals surface area contributed by atoms with Gasteiger partial charge in [-0.2, -0.15) is 0 Å². The van der Waals surface area contributed by atoms with Gasteiger partial charge >= 0.3 is 0 Å². The third kappa shape index (κ3) is 2.95. The fraction of sp³-hybridized carbons (Fsp3) is 0.286. The Hall–Kier alpha value is -0.470. The average molecular weight is 194 g/mol. The van der Waals surface area contributed by atoms with Crippen molar-refractivity contribution in [1.29, 1.82) is 0 Å². The number of aromatic nitrogens is 1. The minimum Gasteiger partial charge on any atom is -0.495 e. The van der Waals surface area contributed by atoms with Gasteiger partial charge in [0.2, 0.25) is 0 Å². The van der Waals surface area contributed by atoms with Gasteiger partial charge in [-0.15, -0.1) is 24.0 Å². The normalized spacial score (nSPS) is 8.55. The second kappa shape index (κ2) is 5.22. The van der Waals surface area contributed by atoms with Crippen LogP contribution < -0.4 is 4.74 Å². The van der Waals surface area contributed by atoms with E-state index in [2.05, 4.69) is 4.98 Å². The molecule has 0 aromatic carbocycles. The number of hydrogen-bond acceptors (Lipinski definition) is 2. The lowest BCUT2D eigenvalue weighted by Gasteiger charge is -1.98. The predicted octanol–water partition coefficient (Wildman–Crippen LogP) is 2.25. The zero-order valence-corrected chi connectivity index (χ0v) is 7.65. The third-order valence-electron chi connectivity index (χ3n) is 1.16. The van der Waals surface area contributed by atoms with Crippen LogP contribution >= 0.6 is 24.0 Å². The van der Waals surface area contributed by atoms with Crippen molar-refractivity contribution in [3.63, 3.8) is 0 Å². The first kappa shape index (κ1) is 10.5. The summed E-state index contributed by atoms with van der Waals surface area (Å²) in [6.07, 6.45) is 3.37. The van der Waals surface area contributed by atoms with Crippen molar-refractivity contribution in [2.75, 3.05) is 7.11 Å². The molecular formula is C7H9Cl2NO. The number of methoxy groups -OCH3 is 1. The van der Waals surface area contributed by atoms with Crippen molar-refractivity contribution in [2.45, 2.75) is 5.88 Å². The van der Waals surface area contributed by atoms with Crippen molar-refractivity contribution >= 4 is 24.0 Å². The molecule has 0 spiro atoms. The quantitative estimate of drug-likeness (QED) is 0.673. The van der Waals surface area contributed by atoms with Gasteiger partial charge in [-0.25, -0.2) is 0 Å². The van der Waals surface area contributed by atoms with E-state index in [0.29, 0.717) is 5.88 Å². The first-order valence-corrected chi connectivity index (χ1v) is 3.44. The summed E-state index contributed by atoms with van der Waals surface area (Å²) in [6, 6.07) is 1.86. The van der Waals surface area contributed by atoms with Crippen LogP contribution in [0, 0.1) is 0 Å². The molecule has 0 bridgehead atoms. The van der Waals surface area contributed by atoms with Gasteiger partial charge in [-0.1, -0.05) is 0 Å². The van der Waals surface area contributed by atoms with Crippen LogP contribution in [0.5, 0.6) is 5.75 Å². The molecule has 11 heavy (non-hydrogen) atoms. The molecule has 0 radical (unpaired) electrons. The zero-order valence-electron chi connectivity index (χ0n) is 6.08. The maximum absolute atomic E-state index is 5.56. The molecule has 1 rings (SSSR count). The van der Waals surface area contributed by atoms with Crippen molar-refractivity contribution in [3.05, 3.63) is 24.0 Å². The Bertz CT molecular complexity index is 198. The smallest absolute Gasteiger partial charge is 0.137 e. The molecule has 0 N–H and O–H groups in total. The summed E-state index contributed by atoms with van der Waals surface area (Å²) in [7, 11) is 1.61. The Morgan fingerprint density at radius 3 is 2.82 bits per heavy atom. The van der Waals surface area contributed by atoms with Gasteiger partial charge in [0.15, 0.2) is 0 Å². The molecule has 1 aromatic rings. The summed E-state index contributed by atoms with van der Waals surface area (Å²) < 4.78 is 4.94. The Morgan fingerprint density at radius 1 is 1.55 bits per heavy atom. The summed E-state index contributed by atoms with van der Waals surface area (Å²) in [6.45, 7) is 0. The molecule has 0 aliphatic carbocycles. The SMILES string of the molecule is COc1cncc(CCl)c1.Cl. The lowest BCUT2D eigenvalue weighted by molar-refractivity contribution is 0.412. The molecule has 1 aromatic heterocycles. The highest BCUT2D eigenvalue weighted by molar-refractivity contribution is 6.17. The van der Waals surface area contributed by atoms with E-state index in [4.69, 9.17) is 16.3 Å². The van der Waals surface area contributed by atoms with E-state index in [1.165, 1.54) is 0 Å². The van der Waals surface area contributed by atoms with E-state index < -0.39 is 0 Å². The van der Waals surface area contributed by atoms with Gasteiger partial charge in [-0.05, 0) is 11.6 Å². The summed E-state index contributed by atoms with van der Waals surface area (Å²) in [5, 5.41) is 0. The van der Waals surface area contributed by atoms with Crippen LogP contribution in [0.15, 0.2) is 18.5 Å². The number of ether oxygens (including phenoxy) is 1. The van der Waals surface area contributed by atoms with Crippen LogP contribution in [0.2, 0.25) is 0 Å².